The monoisotopic (exact) mass is 236 g/mol. The summed E-state index contributed by atoms with van der Waals surface area (Å²) in [6.45, 7) is 3.47. The van der Waals surface area contributed by atoms with E-state index in [-0.39, 0.29) is 17.5 Å². The normalized spacial score (nSPS) is 16.8. The lowest BCUT2D eigenvalue weighted by atomic mass is 10.1. The van der Waals surface area contributed by atoms with E-state index in [1.807, 2.05) is 0 Å². The van der Waals surface area contributed by atoms with Crippen molar-refractivity contribution in [3.8, 4) is 0 Å². The summed E-state index contributed by atoms with van der Waals surface area (Å²) >= 11 is 0. The average Bonchev–Trinajstić information content (AvgIpc) is 2.34. The van der Waals surface area contributed by atoms with Gasteiger partial charge in [0.25, 0.3) is 5.91 Å². The molecule has 2 rings (SSSR count). The highest BCUT2D eigenvalue weighted by Gasteiger charge is 2.18. The van der Waals surface area contributed by atoms with Crippen molar-refractivity contribution in [3.63, 3.8) is 0 Å². The highest BCUT2D eigenvalue weighted by atomic mass is 19.1. The maximum atomic E-state index is 13.7. The molecule has 0 aromatic heterocycles. The first-order valence-electron chi connectivity index (χ1n) is 5.95. The van der Waals surface area contributed by atoms with Crippen LogP contribution in [-0.2, 0) is 0 Å². The van der Waals surface area contributed by atoms with E-state index in [0.717, 1.165) is 25.9 Å². The minimum Gasteiger partial charge on any atom is -0.349 e. The summed E-state index contributed by atoms with van der Waals surface area (Å²) in [6, 6.07) is 5.05. The highest BCUT2D eigenvalue weighted by molar-refractivity contribution is 5.94. The topological polar surface area (TPSA) is 41.1 Å². The molecule has 17 heavy (non-hydrogen) atoms. The van der Waals surface area contributed by atoms with Crippen LogP contribution < -0.4 is 10.6 Å². The van der Waals surface area contributed by atoms with Gasteiger partial charge in [-0.2, -0.15) is 0 Å². The van der Waals surface area contributed by atoms with Crippen LogP contribution >= 0.6 is 0 Å². The van der Waals surface area contributed by atoms with Gasteiger partial charge in [-0.1, -0.05) is 12.1 Å². The molecular weight excluding hydrogens is 219 g/mol. The van der Waals surface area contributed by atoms with Crippen molar-refractivity contribution in [1.82, 2.24) is 10.6 Å². The van der Waals surface area contributed by atoms with Gasteiger partial charge in [0.1, 0.15) is 5.82 Å². The Morgan fingerprint density at radius 3 is 2.82 bits per heavy atom. The van der Waals surface area contributed by atoms with Crippen molar-refractivity contribution in [1.29, 1.82) is 0 Å². The van der Waals surface area contributed by atoms with E-state index in [2.05, 4.69) is 10.6 Å². The SMILES string of the molecule is Cc1cccc(C(=O)NC2CCNCC2)c1F. The quantitative estimate of drug-likeness (QED) is 0.819. The van der Waals surface area contributed by atoms with Crippen molar-refractivity contribution in [2.45, 2.75) is 25.8 Å². The molecule has 0 unspecified atom stereocenters. The fourth-order valence-corrected chi connectivity index (χ4v) is 2.05. The molecule has 1 fully saturated rings. The zero-order valence-corrected chi connectivity index (χ0v) is 9.92. The Labute approximate surface area is 100 Å². The summed E-state index contributed by atoms with van der Waals surface area (Å²) in [5.74, 6) is -0.725. The van der Waals surface area contributed by atoms with E-state index in [9.17, 15) is 9.18 Å². The second kappa shape index (κ2) is 5.27. The number of benzene rings is 1. The Bertz CT molecular complexity index is 414. The molecule has 1 heterocycles. The third-order valence-electron chi connectivity index (χ3n) is 3.11. The lowest BCUT2D eigenvalue weighted by molar-refractivity contribution is 0.0925. The molecule has 0 spiro atoms. The maximum absolute atomic E-state index is 13.7. The number of aryl methyl sites for hydroxylation is 1. The van der Waals surface area contributed by atoms with Gasteiger partial charge in [-0.05, 0) is 44.5 Å². The Kier molecular flexibility index (Phi) is 3.74. The van der Waals surface area contributed by atoms with Gasteiger partial charge in [0.2, 0.25) is 0 Å². The zero-order chi connectivity index (χ0) is 12.3. The average molecular weight is 236 g/mol. The zero-order valence-electron chi connectivity index (χ0n) is 9.92. The first kappa shape index (κ1) is 12.0. The van der Waals surface area contributed by atoms with E-state index in [1.54, 1.807) is 19.1 Å². The smallest absolute Gasteiger partial charge is 0.254 e. The fourth-order valence-electron chi connectivity index (χ4n) is 2.05. The molecule has 0 radical (unpaired) electrons. The molecule has 0 saturated carbocycles. The second-order valence-electron chi connectivity index (χ2n) is 4.43. The number of carbonyl (C=O) groups is 1. The van der Waals surface area contributed by atoms with E-state index in [0.29, 0.717) is 5.56 Å². The van der Waals surface area contributed by atoms with Crippen molar-refractivity contribution < 1.29 is 9.18 Å². The number of nitrogens with one attached hydrogen (secondary N) is 2. The molecule has 1 aliphatic rings. The lowest BCUT2D eigenvalue weighted by Crippen LogP contribution is -2.42. The molecule has 1 aromatic carbocycles. The van der Waals surface area contributed by atoms with Crippen molar-refractivity contribution in [2.75, 3.05) is 13.1 Å². The number of piperidine rings is 1. The third-order valence-corrected chi connectivity index (χ3v) is 3.11. The Balaban J connectivity index is 2.06. The molecule has 1 amide bonds. The lowest BCUT2D eigenvalue weighted by Gasteiger charge is -2.23. The summed E-state index contributed by atoms with van der Waals surface area (Å²) in [4.78, 5) is 11.9. The van der Waals surface area contributed by atoms with Gasteiger partial charge in [0.15, 0.2) is 0 Å². The van der Waals surface area contributed by atoms with E-state index < -0.39 is 5.82 Å². The van der Waals surface area contributed by atoms with Crippen LogP contribution in [0.3, 0.4) is 0 Å². The molecule has 1 saturated heterocycles. The molecule has 1 aromatic rings. The summed E-state index contributed by atoms with van der Waals surface area (Å²) in [5.41, 5.74) is 0.645. The maximum Gasteiger partial charge on any atom is 0.254 e. The van der Waals surface area contributed by atoms with Crippen LogP contribution in [0.5, 0.6) is 0 Å². The summed E-state index contributed by atoms with van der Waals surface area (Å²) in [5, 5.41) is 6.11. The summed E-state index contributed by atoms with van der Waals surface area (Å²) in [6.07, 6.45) is 1.80. The molecule has 2 N–H and O–H groups in total. The van der Waals surface area contributed by atoms with Gasteiger partial charge < -0.3 is 10.6 Å². The highest BCUT2D eigenvalue weighted by Crippen LogP contribution is 2.12. The predicted octanol–water partition coefficient (Wildman–Crippen LogP) is 1.62. The standard InChI is InChI=1S/C13H17FN2O/c1-9-3-2-4-11(12(9)14)13(17)16-10-5-7-15-8-6-10/h2-4,10,15H,5-8H2,1H3,(H,16,17). The van der Waals surface area contributed by atoms with Gasteiger partial charge in [-0.25, -0.2) is 4.39 Å². The largest absolute Gasteiger partial charge is 0.349 e. The number of halogens is 1. The predicted molar refractivity (Wildman–Crippen MR) is 64.5 cm³/mol. The Morgan fingerprint density at radius 2 is 2.12 bits per heavy atom. The minimum absolute atomic E-state index is 0.142. The van der Waals surface area contributed by atoms with Gasteiger partial charge in [-0.3, -0.25) is 4.79 Å². The van der Waals surface area contributed by atoms with Crippen LogP contribution in [0, 0.1) is 12.7 Å². The molecular formula is C13H17FN2O. The number of carbonyl (C=O) groups excluding carboxylic acids is 1. The van der Waals surface area contributed by atoms with Gasteiger partial charge in [0.05, 0.1) is 5.56 Å². The Hall–Kier alpha value is -1.42. The summed E-state index contributed by atoms with van der Waals surface area (Å²) in [7, 11) is 0. The van der Waals surface area contributed by atoms with E-state index >= 15 is 0 Å². The van der Waals surface area contributed by atoms with E-state index in [1.165, 1.54) is 6.07 Å². The van der Waals surface area contributed by atoms with Crippen molar-refractivity contribution in [2.24, 2.45) is 0 Å². The van der Waals surface area contributed by atoms with Crippen LogP contribution in [-0.4, -0.2) is 25.0 Å². The molecule has 1 aliphatic heterocycles. The van der Waals surface area contributed by atoms with Crippen LogP contribution in [0.1, 0.15) is 28.8 Å². The molecule has 0 aliphatic carbocycles. The number of hydrogen-bond acceptors (Lipinski definition) is 2. The van der Waals surface area contributed by atoms with Crippen LogP contribution in [0.25, 0.3) is 0 Å². The van der Waals surface area contributed by atoms with Gasteiger partial charge in [-0.15, -0.1) is 0 Å². The number of hydrogen-bond donors (Lipinski definition) is 2. The van der Waals surface area contributed by atoms with Crippen LogP contribution in [0.2, 0.25) is 0 Å². The molecule has 0 atom stereocenters. The minimum atomic E-state index is -0.418. The third kappa shape index (κ3) is 2.82. The van der Waals surface area contributed by atoms with Crippen LogP contribution in [0.4, 0.5) is 4.39 Å². The number of amides is 1. The Morgan fingerprint density at radius 1 is 1.41 bits per heavy atom. The first-order chi connectivity index (χ1) is 8.18. The first-order valence-corrected chi connectivity index (χ1v) is 5.95. The van der Waals surface area contributed by atoms with Crippen molar-refractivity contribution >= 4 is 5.91 Å². The molecule has 3 nitrogen and oxygen atoms in total. The van der Waals surface area contributed by atoms with Gasteiger partial charge in [0, 0.05) is 6.04 Å². The summed E-state index contributed by atoms with van der Waals surface area (Å²) < 4.78 is 13.7. The van der Waals surface area contributed by atoms with Gasteiger partial charge >= 0.3 is 0 Å². The fraction of sp³-hybridized carbons (Fsp3) is 0.462. The molecule has 4 heteroatoms. The van der Waals surface area contributed by atoms with E-state index in [4.69, 9.17) is 0 Å². The van der Waals surface area contributed by atoms with Crippen LogP contribution in [0.15, 0.2) is 18.2 Å². The molecule has 92 valence electrons. The van der Waals surface area contributed by atoms with Crippen molar-refractivity contribution in [3.05, 3.63) is 35.1 Å². The number of rotatable bonds is 2. The second-order valence-corrected chi connectivity index (χ2v) is 4.43. The molecule has 0 bridgehead atoms.